The number of nitrogens with zero attached hydrogens (tertiary/aromatic N) is 1. The summed E-state index contributed by atoms with van der Waals surface area (Å²) in [6, 6.07) is 5.54. The zero-order valence-corrected chi connectivity index (χ0v) is 12.3. The van der Waals surface area contributed by atoms with Crippen molar-refractivity contribution in [2.75, 3.05) is 0 Å². The molecule has 0 amide bonds. The maximum absolute atomic E-state index is 6.08. The maximum Gasteiger partial charge on any atom is 0.0702 e. The van der Waals surface area contributed by atoms with Crippen molar-refractivity contribution in [1.29, 1.82) is 0 Å². The minimum Gasteiger partial charge on any atom is -0.252 e. The largest absolute Gasteiger partial charge is 0.252 e. The summed E-state index contributed by atoms with van der Waals surface area (Å²) in [4.78, 5) is 4.79. The monoisotopic (exact) mass is 301 g/mol. The van der Waals surface area contributed by atoms with Gasteiger partial charge in [-0.3, -0.25) is 4.99 Å². The quantitative estimate of drug-likeness (QED) is 0.648. The molecule has 1 aromatic rings. The first-order valence-electron chi connectivity index (χ1n) is 6.50. The van der Waals surface area contributed by atoms with E-state index in [1.165, 1.54) is 0 Å². The predicted octanol–water partition coefficient (Wildman–Crippen LogP) is 5.51. The summed E-state index contributed by atoms with van der Waals surface area (Å²) in [6.07, 6.45) is 14.4. The van der Waals surface area contributed by atoms with Crippen LogP contribution in [0.3, 0.4) is 0 Å². The molecule has 100 valence electrons. The van der Waals surface area contributed by atoms with E-state index in [4.69, 9.17) is 28.2 Å². The summed E-state index contributed by atoms with van der Waals surface area (Å²) in [7, 11) is 0. The third-order valence-electron chi connectivity index (χ3n) is 3.20. The van der Waals surface area contributed by atoms with Crippen LogP contribution in [0.15, 0.2) is 70.9 Å². The van der Waals surface area contributed by atoms with Crippen LogP contribution in [0, 0.1) is 0 Å². The van der Waals surface area contributed by atoms with E-state index in [-0.39, 0.29) is 0 Å². The highest BCUT2D eigenvalue weighted by Crippen LogP contribution is 2.24. The molecule has 1 heterocycles. The Labute approximate surface area is 128 Å². The van der Waals surface area contributed by atoms with Crippen LogP contribution in [0.1, 0.15) is 18.4 Å². The average molecular weight is 302 g/mol. The highest BCUT2D eigenvalue weighted by atomic mass is 35.5. The SMILES string of the molecule is Clc1cc(Cl)cc(C2=NC3=C(C=CCC=C3)C=CC2)c1. The number of aliphatic imine (C=N–C) groups is 1. The highest BCUT2D eigenvalue weighted by Gasteiger charge is 2.10. The fourth-order valence-corrected chi connectivity index (χ4v) is 2.80. The second-order valence-corrected chi connectivity index (χ2v) is 5.58. The summed E-state index contributed by atoms with van der Waals surface area (Å²) >= 11 is 12.2. The molecule has 0 unspecified atom stereocenters. The molecule has 1 nitrogen and oxygen atoms in total. The summed E-state index contributed by atoms with van der Waals surface area (Å²) < 4.78 is 0. The van der Waals surface area contributed by atoms with Crippen LogP contribution in [0.25, 0.3) is 0 Å². The van der Waals surface area contributed by atoms with E-state index in [0.717, 1.165) is 35.4 Å². The first-order chi connectivity index (χ1) is 9.72. The van der Waals surface area contributed by atoms with Gasteiger partial charge in [-0.25, -0.2) is 0 Å². The van der Waals surface area contributed by atoms with Crippen LogP contribution in [-0.4, -0.2) is 5.71 Å². The van der Waals surface area contributed by atoms with Crippen molar-refractivity contribution < 1.29 is 0 Å². The Bertz CT molecular complexity index is 671. The van der Waals surface area contributed by atoms with Crippen molar-refractivity contribution in [3.63, 3.8) is 0 Å². The maximum atomic E-state index is 6.08. The molecule has 3 rings (SSSR count). The molecule has 2 aliphatic rings. The van der Waals surface area contributed by atoms with Gasteiger partial charge < -0.3 is 0 Å². The van der Waals surface area contributed by atoms with Gasteiger partial charge in [0.05, 0.1) is 11.4 Å². The molecule has 3 heteroatoms. The Balaban J connectivity index is 2.08. The van der Waals surface area contributed by atoms with Gasteiger partial charge in [-0.1, -0.05) is 53.6 Å². The van der Waals surface area contributed by atoms with Crippen LogP contribution in [0.4, 0.5) is 0 Å². The molecule has 0 saturated carbocycles. The van der Waals surface area contributed by atoms with Crippen molar-refractivity contribution in [2.45, 2.75) is 12.8 Å². The molecule has 0 saturated heterocycles. The van der Waals surface area contributed by atoms with Gasteiger partial charge in [0, 0.05) is 16.5 Å². The predicted molar refractivity (Wildman–Crippen MR) is 86.7 cm³/mol. The molecule has 0 spiro atoms. The molecule has 0 N–H and O–H groups in total. The lowest BCUT2D eigenvalue weighted by Crippen LogP contribution is -1.99. The lowest BCUT2D eigenvalue weighted by Gasteiger charge is -2.06. The Morgan fingerprint density at radius 2 is 1.55 bits per heavy atom. The molecule has 20 heavy (non-hydrogen) atoms. The zero-order valence-electron chi connectivity index (χ0n) is 10.8. The van der Waals surface area contributed by atoms with Gasteiger partial charge >= 0.3 is 0 Å². The molecule has 1 aliphatic heterocycles. The smallest absolute Gasteiger partial charge is 0.0702 e. The number of allylic oxidation sites excluding steroid dienone is 7. The summed E-state index contributed by atoms with van der Waals surface area (Å²) in [5.41, 5.74) is 4.08. The first-order valence-corrected chi connectivity index (χ1v) is 7.26. The van der Waals surface area contributed by atoms with Gasteiger partial charge in [0.15, 0.2) is 0 Å². The van der Waals surface area contributed by atoms with E-state index in [2.05, 4.69) is 36.5 Å². The second-order valence-electron chi connectivity index (χ2n) is 4.70. The fraction of sp³-hybridized carbons (Fsp3) is 0.118. The molecule has 0 radical (unpaired) electrons. The number of halogens is 2. The van der Waals surface area contributed by atoms with E-state index >= 15 is 0 Å². The van der Waals surface area contributed by atoms with Gasteiger partial charge in [-0.15, -0.1) is 0 Å². The standard InChI is InChI=1S/C17H13Cl2N/c18-14-9-13(10-15(19)11-14)17-8-4-6-12-5-2-1-3-7-16(12)20-17/h2-7,9-11H,1,8H2. The molecule has 1 aromatic carbocycles. The molecular formula is C17H13Cl2N. The lowest BCUT2D eigenvalue weighted by atomic mass is 10.1. The van der Waals surface area contributed by atoms with Gasteiger partial charge in [-0.05, 0) is 41.8 Å². The van der Waals surface area contributed by atoms with Gasteiger partial charge in [-0.2, -0.15) is 0 Å². The molecule has 1 aliphatic carbocycles. The Hall–Kier alpha value is -1.57. The molecular weight excluding hydrogens is 289 g/mol. The van der Waals surface area contributed by atoms with Crippen molar-refractivity contribution in [3.8, 4) is 0 Å². The number of hydrogen-bond acceptors (Lipinski definition) is 1. The minimum absolute atomic E-state index is 0.633. The Kier molecular flexibility index (Phi) is 3.90. The van der Waals surface area contributed by atoms with Crippen molar-refractivity contribution in [2.24, 2.45) is 4.99 Å². The van der Waals surface area contributed by atoms with Crippen LogP contribution in [0.5, 0.6) is 0 Å². The van der Waals surface area contributed by atoms with Crippen LogP contribution < -0.4 is 0 Å². The van der Waals surface area contributed by atoms with Gasteiger partial charge in [0.2, 0.25) is 0 Å². The van der Waals surface area contributed by atoms with E-state index < -0.39 is 0 Å². The molecule has 0 atom stereocenters. The summed E-state index contributed by atoms with van der Waals surface area (Å²) in [5.74, 6) is 0. The zero-order chi connectivity index (χ0) is 13.9. The van der Waals surface area contributed by atoms with Crippen molar-refractivity contribution >= 4 is 28.9 Å². The van der Waals surface area contributed by atoms with Crippen LogP contribution in [0.2, 0.25) is 10.0 Å². The van der Waals surface area contributed by atoms with Crippen LogP contribution in [-0.2, 0) is 0 Å². The van der Waals surface area contributed by atoms with E-state index in [1.807, 2.05) is 12.1 Å². The molecule has 0 aromatic heterocycles. The van der Waals surface area contributed by atoms with E-state index in [1.54, 1.807) is 6.07 Å². The van der Waals surface area contributed by atoms with Crippen LogP contribution >= 0.6 is 23.2 Å². The average Bonchev–Trinajstić information content (AvgIpc) is 2.71. The molecule has 0 fully saturated rings. The number of rotatable bonds is 1. The summed E-state index contributed by atoms with van der Waals surface area (Å²) in [6.45, 7) is 0. The molecule has 0 bridgehead atoms. The Morgan fingerprint density at radius 3 is 2.35 bits per heavy atom. The topological polar surface area (TPSA) is 12.4 Å². The van der Waals surface area contributed by atoms with Crippen molar-refractivity contribution in [1.82, 2.24) is 0 Å². The Morgan fingerprint density at radius 1 is 0.850 bits per heavy atom. The first kappa shape index (κ1) is 13.4. The lowest BCUT2D eigenvalue weighted by molar-refractivity contribution is 1.33. The number of benzene rings is 1. The van der Waals surface area contributed by atoms with Crippen molar-refractivity contribution in [3.05, 3.63) is 81.5 Å². The normalized spacial score (nSPS) is 17.6. The third-order valence-corrected chi connectivity index (χ3v) is 3.64. The minimum atomic E-state index is 0.633. The van der Waals surface area contributed by atoms with E-state index in [0.29, 0.717) is 10.0 Å². The van der Waals surface area contributed by atoms with E-state index in [9.17, 15) is 0 Å². The second kappa shape index (κ2) is 5.82. The van der Waals surface area contributed by atoms with Gasteiger partial charge in [0.1, 0.15) is 0 Å². The summed E-state index contributed by atoms with van der Waals surface area (Å²) in [5, 5.41) is 1.27. The third kappa shape index (κ3) is 2.95. The fourth-order valence-electron chi connectivity index (χ4n) is 2.27. The number of hydrogen-bond donors (Lipinski definition) is 0. The highest BCUT2D eigenvalue weighted by molar-refractivity contribution is 6.35. The van der Waals surface area contributed by atoms with Gasteiger partial charge in [0.25, 0.3) is 0 Å².